The second-order valence-electron chi connectivity index (χ2n) is 4.79. The van der Waals surface area contributed by atoms with E-state index >= 15 is 0 Å². The van der Waals surface area contributed by atoms with Gasteiger partial charge in [0.2, 0.25) is 0 Å². The molecular formula is C14H18N2O3. The molecule has 102 valence electrons. The highest BCUT2D eigenvalue weighted by Crippen LogP contribution is 2.27. The Morgan fingerprint density at radius 2 is 1.95 bits per heavy atom. The third-order valence-electron chi connectivity index (χ3n) is 3.18. The normalized spacial score (nSPS) is 13.9. The van der Waals surface area contributed by atoms with E-state index in [2.05, 4.69) is 10.6 Å². The van der Waals surface area contributed by atoms with Gasteiger partial charge in [0.25, 0.3) is 0 Å². The lowest BCUT2D eigenvalue weighted by molar-refractivity contribution is 0.0695. The third-order valence-corrected chi connectivity index (χ3v) is 3.18. The van der Waals surface area contributed by atoms with Crippen molar-refractivity contribution < 1.29 is 14.7 Å². The summed E-state index contributed by atoms with van der Waals surface area (Å²) in [6.45, 7) is 1.17. The van der Waals surface area contributed by atoms with E-state index in [-0.39, 0.29) is 6.03 Å². The number of urea groups is 1. The number of carbonyl (C=O) groups excluding carboxylic acids is 1. The van der Waals surface area contributed by atoms with Crippen molar-refractivity contribution in [3.05, 3.63) is 35.4 Å². The van der Waals surface area contributed by atoms with Gasteiger partial charge >= 0.3 is 12.0 Å². The minimum Gasteiger partial charge on any atom is -0.478 e. The van der Waals surface area contributed by atoms with E-state index in [9.17, 15) is 9.59 Å². The Hall–Kier alpha value is -2.04. The molecule has 1 aromatic carbocycles. The summed E-state index contributed by atoms with van der Waals surface area (Å²) >= 11 is 0. The van der Waals surface area contributed by atoms with E-state index < -0.39 is 5.97 Å². The number of carbonyl (C=O) groups is 2. The van der Waals surface area contributed by atoms with Gasteiger partial charge in [-0.05, 0) is 36.8 Å². The number of carboxylic acid groups (broad SMARTS) is 1. The number of rotatable bonds is 6. The topological polar surface area (TPSA) is 78.4 Å². The molecule has 0 unspecified atom stereocenters. The number of hydrogen-bond acceptors (Lipinski definition) is 2. The summed E-state index contributed by atoms with van der Waals surface area (Å²) in [5.74, 6) is -0.285. The zero-order valence-corrected chi connectivity index (χ0v) is 10.7. The molecule has 1 aliphatic carbocycles. The highest BCUT2D eigenvalue weighted by Gasteiger charge is 2.21. The molecule has 0 aliphatic heterocycles. The molecule has 2 amide bonds. The highest BCUT2D eigenvalue weighted by atomic mass is 16.4. The smallest absolute Gasteiger partial charge is 0.335 e. The Morgan fingerprint density at radius 1 is 1.21 bits per heavy atom. The van der Waals surface area contributed by atoms with Crippen LogP contribution in [0.25, 0.3) is 0 Å². The standard InChI is InChI=1S/C14H18N2O3/c17-13(18)12-4-2-1-3-11(12)7-8-15-14(19)16-9-10-5-6-10/h1-4,10H,5-9H2,(H,17,18)(H2,15,16,19). The summed E-state index contributed by atoms with van der Waals surface area (Å²) in [6.07, 6.45) is 2.91. The minimum absolute atomic E-state index is 0.181. The number of amides is 2. The second kappa shape index (κ2) is 6.22. The molecule has 5 heteroatoms. The molecule has 1 saturated carbocycles. The summed E-state index contributed by atoms with van der Waals surface area (Å²) in [6, 6.07) is 6.66. The average molecular weight is 262 g/mol. The molecule has 0 spiro atoms. The van der Waals surface area contributed by atoms with Gasteiger partial charge < -0.3 is 15.7 Å². The van der Waals surface area contributed by atoms with Crippen molar-refractivity contribution in [2.75, 3.05) is 13.1 Å². The number of carboxylic acids is 1. The minimum atomic E-state index is -0.936. The molecular weight excluding hydrogens is 244 g/mol. The quantitative estimate of drug-likeness (QED) is 0.729. The zero-order chi connectivity index (χ0) is 13.7. The van der Waals surface area contributed by atoms with Gasteiger partial charge in [-0.2, -0.15) is 0 Å². The van der Waals surface area contributed by atoms with Gasteiger partial charge in [0.1, 0.15) is 0 Å². The van der Waals surface area contributed by atoms with Crippen LogP contribution in [0.5, 0.6) is 0 Å². The van der Waals surface area contributed by atoms with E-state index in [1.165, 1.54) is 12.8 Å². The molecule has 3 N–H and O–H groups in total. The van der Waals surface area contributed by atoms with Crippen molar-refractivity contribution in [1.29, 1.82) is 0 Å². The number of hydrogen-bond donors (Lipinski definition) is 3. The fourth-order valence-electron chi connectivity index (χ4n) is 1.88. The molecule has 0 bridgehead atoms. The number of aromatic carboxylic acids is 1. The monoisotopic (exact) mass is 262 g/mol. The molecule has 1 fully saturated rings. The van der Waals surface area contributed by atoms with Crippen LogP contribution in [0.2, 0.25) is 0 Å². The van der Waals surface area contributed by atoms with Crippen molar-refractivity contribution in [1.82, 2.24) is 10.6 Å². The average Bonchev–Trinajstić information content (AvgIpc) is 3.21. The molecule has 0 atom stereocenters. The maximum Gasteiger partial charge on any atom is 0.335 e. The van der Waals surface area contributed by atoms with Crippen LogP contribution in [0.1, 0.15) is 28.8 Å². The van der Waals surface area contributed by atoms with Crippen molar-refractivity contribution in [2.24, 2.45) is 5.92 Å². The zero-order valence-electron chi connectivity index (χ0n) is 10.7. The van der Waals surface area contributed by atoms with Crippen molar-refractivity contribution in [3.63, 3.8) is 0 Å². The van der Waals surface area contributed by atoms with Crippen LogP contribution >= 0.6 is 0 Å². The fraction of sp³-hybridized carbons (Fsp3) is 0.429. The van der Waals surface area contributed by atoms with Crippen LogP contribution in [0.4, 0.5) is 4.79 Å². The lowest BCUT2D eigenvalue weighted by Crippen LogP contribution is -2.37. The Balaban J connectivity index is 1.75. The van der Waals surface area contributed by atoms with Gasteiger partial charge in [0, 0.05) is 13.1 Å². The van der Waals surface area contributed by atoms with Crippen LogP contribution in [0.15, 0.2) is 24.3 Å². The van der Waals surface area contributed by atoms with Gasteiger partial charge in [0.15, 0.2) is 0 Å². The summed E-state index contributed by atoms with van der Waals surface area (Å²) < 4.78 is 0. The maximum absolute atomic E-state index is 11.4. The van der Waals surface area contributed by atoms with E-state index in [1.54, 1.807) is 24.3 Å². The maximum atomic E-state index is 11.4. The van der Waals surface area contributed by atoms with Crippen LogP contribution in [0, 0.1) is 5.92 Å². The molecule has 5 nitrogen and oxygen atoms in total. The highest BCUT2D eigenvalue weighted by molar-refractivity contribution is 5.89. The predicted octanol–water partition coefficient (Wildman–Crippen LogP) is 1.64. The first-order chi connectivity index (χ1) is 9.16. The Morgan fingerprint density at radius 3 is 2.63 bits per heavy atom. The van der Waals surface area contributed by atoms with E-state index in [0.29, 0.717) is 24.4 Å². The summed E-state index contributed by atoms with van der Waals surface area (Å²) in [5.41, 5.74) is 1.03. The lowest BCUT2D eigenvalue weighted by Gasteiger charge is -2.08. The number of benzene rings is 1. The Bertz CT molecular complexity index is 470. The fourth-order valence-corrected chi connectivity index (χ4v) is 1.88. The van der Waals surface area contributed by atoms with Gasteiger partial charge in [-0.3, -0.25) is 0 Å². The second-order valence-corrected chi connectivity index (χ2v) is 4.79. The van der Waals surface area contributed by atoms with Crippen molar-refractivity contribution in [3.8, 4) is 0 Å². The van der Waals surface area contributed by atoms with E-state index in [0.717, 1.165) is 12.1 Å². The van der Waals surface area contributed by atoms with Gasteiger partial charge in [0.05, 0.1) is 5.56 Å². The van der Waals surface area contributed by atoms with Crippen molar-refractivity contribution >= 4 is 12.0 Å². The van der Waals surface area contributed by atoms with Crippen LogP contribution in [0.3, 0.4) is 0 Å². The predicted molar refractivity (Wildman–Crippen MR) is 71.2 cm³/mol. The van der Waals surface area contributed by atoms with Crippen LogP contribution in [-0.4, -0.2) is 30.2 Å². The van der Waals surface area contributed by atoms with Gasteiger partial charge in [-0.1, -0.05) is 18.2 Å². The molecule has 0 aromatic heterocycles. The Kier molecular flexibility index (Phi) is 4.39. The largest absolute Gasteiger partial charge is 0.478 e. The third kappa shape index (κ3) is 4.28. The van der Waals surface area contributed by atoms with Gasteiger partial charge in [-0.15, -0.1) is 0 Å². The molecule has 19 heavy (non-hydrogen) atoms. The van der Waals surface area contributed by atoms with Gasteiger partial charge in [-0.25, -0.2) is 9.59 Å². The molecule has 1 aliphatic rings. The lowest BCUT2D eigenvalue weighted by atomic mass is 10.0. The first-order valence-corrected chi connectivity index (χ1v) is 6.49. The van der Waals surface area contributed by atoms with Crippen LogP contribution in [-0.2, 0) is 6.42 Å². The van der Waals surface area contributed by atoms with E-state index in [1.807, 2.05) is 0 Å². The summed E-state index contributed by atoms with van der Waals surface area (Å²) in [5, 5.41) is 14.6. The van der Waals surface area contributed by atoms with Crippen LogP contribution < -0.4 is 10.6 Å². The van der Waals surface area contributed by atoms with Crippen molar-refractivity contribution in [2.45, 2.75) is 19.3 Å². The molecule has 2 rings (SSSR count). The molecule has 0 radical (unpaired) electrons. The molecule has 0 saturated heterocycles. The summed E-state index contributed by atoms with van der Waals surface area (Å²) in [4.78, 5) is 22.4. The molecule has 1 aromatic rings. The SMILES string of the molecule is O=C(NCCc1ccccc1C(=O)O)NCC1CC1. The van der Waals surface area contributed by atoms with E-state index in [4.69, 9.17) is 5.11 Å². The Labute approximate surface area is 112 Å². The summed E-state index contributed by atoms with van der Waals surface area (Å²) in [7, 11) is 0. The first-order valence-electron chi connectivity index (χ1n) is 6.49. The first kappa shape index (κ1) is 13.4. The number of nitrogens with one attached hydrogen (secondary N) is 2. The molecule has 0 heterocycles.